The van der Waals surface area contributed by atoms with Crippen molar-refractivity contribution in [2.75, 3.05) is 5.32 Å². The molecule has 2 rings (SSSR count). The molecule has 3 heteroatoms. The minimum absolute atomic E-state index is 0.00664. The Morgan fingerprint density at radius 1 is 1.09 bits per heavy atom. The van der Waals surface area contributed by atoms with Gasteiger partial charge in [-0.3, -0.25) is 9.59 Å². The molecule has 1 unspecified atom stereocenters. The Hall–Kier alpha value is -2.42. The molecular weight excluding hydrogens is 274 g/mol. The van der Waals surface area contributed by atoms with Crippen LogP contribution < -0.4 is 5.32 Å². The first-order valence-electron chi connectivity index (χ1n) is 7.43. The fourth-order valence-corrected chi connectivity index (χ4v) is 2.29. The minimum atomic E-state index is -0.136. The summed E-state index contributed by atoms with van der Waals surface area (Å²) in [5.74, 6) is -0.178. The molecule has 0 aromatic heterocycles. The van der Waals surface area contributed by atoms with E-state index >= 15 is 0 Å². The van der Waals surface area contributed by atoms with E-state index in [1.165, 1.54) is 6.92 Å². The maximum Gasteiger partial charge on any atom is 0.227 e. The van der Waals surface area contributed by atoms with Gasteiger partial charge >= 0.3 is 0 Å². The van der Waals surface area contributed by atoms with Gasteiger partial charge in [0.2, 0.25) is 5.91 Å². The van der Waals surface area contributed by atoms with Crippen molar-refractivity contribution in [2.45, 2.75) is 27.2 Å². The van der Waals surface area contributed by atoms with E-state index in [4.69, 9.17) is 0 Å². The zero-order chi connectivity index (χ0) is 16.1. The molecule has 0 aliphatic carbocycles. The molecule has 2 aromatic carbocycles. The fraction of sp³-hybridized carbons (Fsp3) is 0.263. The van der Waals surface area contributed by atoms with Crippen molar-refractivity contribution in [2.24, 2.45) is 5.92 Å². The standard InChI is InChI=1S/C19H21NO2/c1-13-9-10-17(15(3)21)12-18(13)20-19(22)14(2)11-16-7-5-4-6-8-16/h4-10,12,14H,11H2,1-3H3,(H,20,22). The second-order valence-corrected chi connectivity index (χ2v) is 5.67. The monoisotopic (exact) mass is 295 g/mol. The van der Waals surface area contributed by atoms with Crippen LogP contribution in [0, 0.1) is 12.8 Å². The zero-order valence-corrected chi connectivity index (χ0v) is 13.2. The van der Waals surface area contributed by atoms with Gasteiger partial charge in [-0.15, -0.1) is 0 Å². The molecule has 1 N–H and O–H groups in total. The van der Waals surface area contributed by atoms with Gasteiger partial charge in [0.05, 0.1) is 0 Å². The summed E-state index contributed by atoms with van der Waals surface area (Å²) in [4.78, 5) is 23.8. The van der Waals surface area contributed by atoms with Crippen molar-refractivity contribution >= 4 is 17.4 Å². The number of anilines is 1. The van der Waals surface area contributed by atoms with Gasteiger partial charge in [0.1, 0.15) is 0 Å². The van der Waals surface area contributed by atoms with Crippen molar-refractivity contribution in [1.29, 1.82) is 0 Å². The maximum atomic E-state index is 12.4. The van der Waals surface area contributed by atoms with Crippen LogP contribution in [0.25, 0.3) is 0 Å². The largest absolute Gasteiger partial charge is 0.326 e. The average Bonchev–Trinajstić information content (AvgIpc) is 2.50. The fourth-order valence-electron chi connectivity index (χ4n) is 2.29. The summed E-state index contributed by atoms with van der Waals surface area (Å²) >= 11 is 0. The molecule has 0 heterocycles. The Labute approximate surface area is 131 Å². The van der Waals surface area contributed by atoms with E-state index in [0.717, 1.165) is 11.1 Å². The van der Waals surface area contributed by atoms with Crippen molar-refractivity contribution in [3.05, 3.63) is 65.2 Å². The number of amides is 1. The summed E-state index contributed by atoms with van der Waals surface area (Å²) in [6.07, 6.45) is 0.693. The first kappa shape index (κ1) is 16.0. The Morgan fingerprint density at radius 2 is 1.77 bits per heavy atom. The number of carbonyl (C=O) groups is 2. The second kappa shape index (κ2) is 7.03. The quantitative estimate of drug-likeness (QED) is 0.847. The lowest BCUT2D eigenvalue weighted by Gasteiger charge is -2.14. The molecule has 1 atom stereocenters. The van der Waals surface area contributed by atoms with Crippen molar-refractivity contribution < 1.29 is 9.59 Å². The number of Topliss-reactive ketones (excluding diaryl/α,β-unsaturated/α-hetero) is 1. The molecule has 0 fully saturated rings. The number of rotatable bonds is 5. The number of ketones is 1. The third kappa shape index (κ3) is 4.04. The molecule has 0 radical (unpaired) electrons. The van der Waals surface area contributed by atoms with E-state index in [-0.39, 0.29) is 17.6 Å². The molecule has 114 valence electrons. The van der Waals surface area contributed by atoms with Crippen LogP contribution in [0.2, 0.25) is 0 Å². The van der Waals surface area contributed by atoms with Crippen LogP contribution in [0.15, 0.2) is 48.5 Å². The Bertz CT molecular complexity index is 677. The summed E-state index contributed by atoms with van der Waals surface area (Å²) in [5, 5.41) is 2.93. The molecule has 22 heavy (non-hydrogen) atoms. The predicted molar refractivity (Wildman–Crippen MR) is 89.1 cm³/mol. The third-order valence-electron chi connectivity index (χ3n) is 3.73. The van der Waals surface area contributed by atoms with Gasteiger partial charge in [-0.05, 0) is 37.5 Å². The number of nitrogens with one attached hydrogen (secondary N) is 1. The first-order valence-corrected chi connectivity index (χ1v) is 7.43. The van der Waals surface area contributed by atoms with Crippen LogP contribution in [0.1, 0.15) is 35.3 Å². The van der Waals surface area contributed by atoms with Crippen LogP contribution in [0.3, 0.4) is 0 Å². The summed E-state index contributed by atoms with van der Waals surface area (Å²) in [6, 6.07) is 15.3. The van der Waals surface area contributed by atoms with Crippen molar-refractivity contribution in [3.8, 4) is 0 Å². The molecule has 0 aliphatic rings. The van der Waals surface area contributed by atoms with Crippen molar-refractivity contribution in [1.82, 2.24) is 0 Å². The molecule has 0 aliphatic heterocycles. The lowest BCUT2D eigenvalue weighted by Crippen LogP contribution is -2.22. The van der Waals surface area contributed by atoms with Crippen LogP contribution >= 0.6 is 0 Å². The van der Waals surface area contributed by atoms with Gasteiger partial charge in [0, 0.05) is 17.2 Å². The maximum absolute atomic E-state index is 12.4. The van der Waals surface area contributed by atoms with Gasteiger partial charge in [-0.1, -0.05) is 49.4 Å². The number of carbonyl (C=O) groups excluding carboxylic acids is 2. The molecule has 1 amide bonds. The van der Waals surface area contributed by atoms with E-state index in [9.17, 15) is 9.59 Å². The summed E-state index contributed by atoms with van der Waals surface area (Å²) < 4.78 is 0. The van der Waals surface area contributed by atoms with Crippen LogP contribution in [-0.4, -0.2) is 11.7 Å². The van der Waals surface area contributed by atoms with Gasteiger partial charge in [-0.25, -0.2) is 0 Å². The lowest BCUT2D eigenvalue weighted by molar-refractivity contribution is -0.119. The molecular formula is C19H21NO2. The summed E-state index contributed by atoms with van der Waals surface area (Å²) in [5.41, 5.74) is 3.40. The van der Waals surface area contributed by atoms with Crippen LogP contribution in [0.5, 0.6) is 0 Å². The molecule has 0 spiro atoms. The van der Waals surface area contributed by atoms with E-state index in [0.29, 0.717) is 17.7 Å². The SMILES string of the molecule is CC(=O)c1ccc(C)c(NC(=O)C(C)Cc2ccccc2)c1. The Balaban J connectivity index is 2.08. The zero-order valence-electron chi connectivity index (χ0n) is 13.2. The highest BCUT2D eigenvalue weighted by Gasteiger charge is 2.15. The normalized spacial score (nSPS) is 11.8. The molecule has 0 bridgehead atoms. The Morgan fingerprint density at radius 3 is 2.41 bits per heavy atom. The highest BCUT2D eigenvalue weighted by atomic mass is 16.2. The predicted octanol–water partition coefficient (Wildman–Crippen LogP) is 4.01. The van der Waals surface area contributed by atoms with Gasteiger partial charge in [-0.2, -0.15) is 0 Å². The summed E-state index contributed by atoms with van der Waals surface area (Å²) in [7, 11) is 0. The second-order valence-electron chi connectivity index (χ2n) is 5.67. The number of benzene rings is 2. The van der Waals surface area contributed by atoms with E-state index in [1.807, 2.05) is 50.2 Å². The van der Waals surface area contributed by atoms with Crippen LogP contribution in [-0.2, 0) is 11.2 Å². The van der Waals surface area contributed by atoms with Crippen LogP contribution in [0.4, 0.5) is 5.69 Å². The topological polar surface area (TPSA) is 46.2 Å². The van der Waals surface area contributed by atoms with Gasteiger partial charge in [0.25, 0.3) is 0 Å². The number of aryl methyl sites for hydroxylation is 1. The average molecular weight is 295 g/mol. The number of hydrogen-bond acceptors (Lipinski definition) is 2. The molecule has 0 saturated heterocycles. The molecule has 2 aromatic rings. The van der Waals surface area contributed by atoms with Gasteiger partial charge < -0.3 is 5.32 Å². The minimum Gasteiger partial charge on any atom is -0.326 e. The third-order valence-corrected chi connectivity index (χ3v) is 3.73. The van der Waals surface area contributed by atoms with E-state index in [1.54, 1.807) is 12.1 Å². The first-order chi connectivity index (χ1) is 10.5. The molecule has 3 nitrogen and oxygen atoms in total. The highest BCUT2D eigenvalue weighted by Crippen LogP contribution is 2.19. The summed E-state index contributed by atoms with van der Waals surface area (Å²) in [6.45, 7) is 5.35. The number of hydrogen-bond donors (Lipinski definition) is 1. The smallest absolute Gasteiger partial charge is 0.227 e. The van der Waals surface area contributed by atoms with Gasteiger partial charge in [0.15, 0.2) is 5.78 Å². The highest BCUT2D eigenvalue weighted by molar-refractivity contribution is 5.98. The lowest BCUT2D eigenvalue weighted by atomic mass is 10.00. The van der Waals surface area contributed by atoms with Crippen molar-refractivity contribution in [3.63, 3.8) is 0 Å². The van der Waals surface area contributed by atoms with E-state index in [2.05, 4.69) is 5.32 Å². The van der Waals surface area contributed by atoms with E-state index < -0.39 is 0 Å². The molecule has 0 saturated carbocycles. The Kier molecular flexibility index (Phi) is 5.10.